The van der Waals surface area contributed by atoms with Crippen LogP contribution in [0.2, 0.25) is 0 Å². The van der Waals surface area contributed by atoms with Crippen molar-refractivity contribution in [2.24, 2.45) is 5.92 Å². The number of unbranched alkanes of at least 4 members (excludes halogenated alkanes) is 1. The molecule has 1 N–H and O–H groups in total. The molecule has 0 aliphatic heterocycles. The van der Waals surface area contributed by atoms with E-state index < -0.39 is 0 Å². The molecule has 4 rings (SSSR count). The average molecular weight is 538 g/mol. The van der Waals surface area contributed by atoms with Gasteiger partial charge in [0.25, 0.3) is 0 Å². The summed E-state index contributed by atoms with van der Waals surface area (Å²) >= 11 is 0. The zero-order chi connectivity index (χ0) is 29.0. The second-order valence-corrected chi connectivity index (χ2v) is 11.6. The largest absolute Gasteiger partial charge is 0.385 e. The number of rotatable bonds is 12. The summed E-state index contributed by atoms with van der Waals surface area (Å²) in [5.74, 6) is 0.0975. The second kappa shape index (κ2) is 12.8. The van der Waals surface area contributed by atoms with E-state index in [0.29, 0.717) is 34.7 Å². The minimum atomic E-state index is -0.341. The third-order valence-corrected chi connectivity index (χ3v) is 8.69. The fraction of sp³-hybridized carbons (Fsp3) is 0.378. The maximum Gasteiger partial charge on any atom is 0.195 e. The first-order valence-electron chi connectivity index (χ1n) is 14.8. The zero-order valence-electron chi connectivity index (χ0n) is 25.1. The van der Waals surface area contributed by atoms with Gasteiger partial charge in [-0.3, -0.25) is 4.79 Å². The van der Waals surface area contributed by atoms with Gasteiger partial charge in [-0.2, -0.15) is 0 Å². The monoisotopic (exact) mass is 537 g/mol. The molecule has 0 saturated heterocycles. The number of nitrogens with one attached hydrogen (secondary N) is 1. The number of carbonyl (C=O) groups excluding carboxylic acids is 1. The van der Waals surface area contributed by atoms with E-state index in [1.807, 2.05) is 20.8 Å². The highest BCUT2D eigenvalue weighted by Gasteiger charge is 2.24. The number of benzene rings is 3. The van der Waals surface area contributed by atoms with E-state index in [-0.39, 0.29) is 11.6 Å². The molecule has 0 radical (unpaired) electrons. The minimum Gasteiger partial charge on any atom is -0.385 e. The van der Waals surface area contributed by atoms with Crippen LogP contribution in [0.1, 0.15) is 95.8 Å². The van der Waals surface area contributed by atoms with Crippen LogP contribution in [-0.2, 0) is 12.8 Å². The number of aryl methyl sites for hydroxylation is 1. The van der Waals surface area contributed by atoms with E-state index in [9.17, 15) is 4.79 Å². The summed E-state index contributed by atoms with van der Waals surface area (Å²) in [4.78, 5) is 13.8. The van der Waals surface area contributed by atoms with Crippen LogP contribution in [0.4, 0.5) is 4.39 Å². The summed E-state index contributed by atoms with van der Waals surface area (Å²) in [5, 5.41) is 3.35. The van der Waals surface area contributed by atoms with Gasteiger partial charge in [0.15, 0.2) is 5.78 Å². The summed E-state index contributed by atoms with van der Waals surface area (Å²) in [6.45, 7) is 17.1. The molecule has 1 atom stereocenters. The lowest BCUT2D eigenvalue weighted by Gasteiger charge is -2.19. The molecule has 0 heterocycles. The van der Waals surface area contributed by atoms with Crippen LogP contribution in [0.25, 0.3) is 11.1 Å². The maximum absolute atomic E-state index is 15.4. The molecule has 3 heteroatoms. The smallest absolute Gasteiger partial charge is 0.195 e. The highest BCUT2D eigenvalue weighted by atomic mass is 19.1. The molecule has 210 valence electrons. The molecule has 0 saturated carbocycles. The van der Waals surface area contributed by atoms with Crippen molar-refractivity contribution in [3.8, 4) is 11.1 Å². The molecule has 0 fully saturated rings. The Morgan fingerprint density at radius 1 is 1.05 bits per heavy atom. The van der Waals surface area contributed by atoms with Crippen molar-refractivity contribution >= 4 is 5.78 Å². The lowest BCUT2D eigenvalue weighted by molar-refractivity contribution is 0.103. The van der Waals surface area contributed by atoms with Gasteiger partial charge in [0.2, 0.25) is 0 Å². The fourth-order valence-corrected chi connectivity index (χ4v) is 6.01. The average Bonchev–Trinajstić information content (AvgIpc) is 3.29. The Hall–Kier alpha value is -3.46. The van der Waals surface area contributed by atoms with Gasteiger partial charge >= 0.3 is 0 Å². The van der Waals surface area contributed by atoms with Crippen molar-refractivity contribution in [3.63, 3.8) is 0 Å². The van der Waals surface area contributed by atoms with E-state index in [2.05, 4.69) is 69.1 Å². The first-order chi connectivity index (χ1) is 19.2. The molecule has 40 heavy (non-hydrogen) atoms. The van der Waals surface area contributed by atoms with Crippen LogP contribution in [-0.4, -0.2) is 12.3 Å². The minimum absolute atomic E-state index is 0.184. The van der Waals surface area contributed by atoms with Crippen molar-refractivity contribution in [2.45, 2.75) is 80.1 Å². The highest BCUT2D eigenvalue weighted by molar-refractivity contribution is 6.12. The Morgan fingerprint density at radius 2 is 1.80 bits per heavy atom. The molecule has 0 bridgehead atoms. The summed E-state index contributed by atoms with van der Waals surface area (Å²) in [5.41, 5.74) is 11.5. The lowest BCUT2D eigenvalue weighted by atomic mass is 9.87. The quantitative estimate of drug-likeness (QED) is 0.111. The Bertz CT molecular complexity index is 1460. The van der Waals surface area contributed by atoms with Gasteiger partial charge in [-0.25, -0.2) is 4.39 Å². The van der Waals surface area contributed by atoms with Gasteiger partial charge in [0, 0.05) is 23.4 Å². The van der Waals surface area contributed by atoms with E-state index in [1.54, 1.807) is 6.08 Å². The molecule has 0 amide bonds. The van der Waals surface area contributed by atoms with Gasteiger partial charge in [0.05, 0.1) is 0 Å². The molecular weight excluding hydrogens is 493 g/mol. The Balaban J connectivity index is 1.59. The normalized spacial score (nSPS) is 13.1. The van der Waals surface area contributed by atoms with Crippen molar-refractivity contribution in [2.75, 3.05) is 6.54 Å². The topological polar surface area (TPSA) is 29.1 Å². The number of Topliss-reactive ketones (excluding diaryl/α,β-unsaturated/α-hetero) is 1. The number of hydrogen-bond donors (Lipinski definition) is 1. The summed E-state index contributed by atoms with van der Waals surface area (Å²) in [7, 11) is 0. The number of halogens is 1. The van der Waals surface area contributed by atoms with Gasteiger partial charge in [0.1, 0.15) is 5.82 Å². The standard InChI is InChI=1S/C37H44FNO/c1-8-10-13-23(3)16-17-39-27(7)31(9-2)37(40)34-22-36(38)26(6)33(25(34)5)20-29-21-35-30(18-24(29)4)19-28-14-11-12-15-32(28)35/h9,11-12,14-15,18,21-23,39H,7-8,10,13,16-17,19-20H2,1-6H3/b31-9-. The third-order valence-electron chi connectivity index (χ3n) is 8.69. The van der Waals surface area contributed by atoms with Crippen LogP contribution in [0, 0.1) is 32.5 Å². The van der Waals surface area contributed by atoms with E-state index >= 15 is 4.39 Å². The zero-order valence-corrected chi connectivity index (χ0v) is 25.1. The van der Waals surface area contributed by atoms with Gasteiger partial charge in [-0.05, 0) is 109 Å². The van der Waals surface area contributed by atoms with Crippen molar-refractivity contribution in [1.82, 2.24) is 5.32 Å². The van der Waals surface area contributed by atoms with Gasteiger partial charge in [-0.1, -0.05) is 82.2 Å². The van der Waals surface area contributed by atoms with Crippen LogP contribution in [0.5, 0.6) is 0 Å². The Kier molecular flexibility index (Phi) is 9.45. The maximum atomic E-state index is 15.4. The summed E-state index contributed by atoms with van der Waals surface area (Å²) < 4.78 is 15.4. The van der Waals surface area contributed by atoms with E-state index in [0.717, 1.165) is 30.5 Å². The van der Waals surface area contributed by atoms with Crippen LogP contribution < -0.4 is 5.32 Å². The fourth-order valence-electron chi connectivity index (χ4n) is 6.01. The number of fused-ring (bicyclic) bond motifs is 3. The first-order valence-corrected chi connectivity index (χ1v) is 14.8. The molecule has 0 aromatic heterocycles. The van der Waals surface area contributed by atoms with Crippen molar-refractivity contribution in [1.29, 1.82) is 0 Å². The first kappa shape index (κ1) is 29.5. The van der Waals surface area contributed by atoms with Gasteiger partial charge in [-0.15, -0.1) is 0 Å². The molecule has 1 aliphatic carbocycles. The molecule has 1 aliphatic rings. The van der Waals surface area contributed by atoms with Crippen LogP contribution in [0.3, 0.4) is 0 Å². The summed E-state index contributed by atoms with van der Waals surface area (Å²) in [6.07, 6.45) is 7.99. The SMILES string of the molecule is C=C(NCCC(C)CCCC)/C(=C/C)C(=O)c1cc(F)c(C)c(Cc2cc3c(cc2C)Cc2ccccc2-3)c1C. The molecule has 3 aromatic rings. The van der Waals surface area contributed by atoms with E-state index in [4.69, 9.17) is 0 Å². The molecule has 2 nitrogen and oxygen atoms in total. The van der Waals surface area contributed by atoms with Crippen molar-refractivity contribution < 1.29 is 9.18 Å². The predicted octanol–water partition coefficient (Wildman–Crippen LogP) is 9.36. The molecule has 1 unspecified atom stereocenters. The number of carbonyl (C=O) groups is 1. The predicted molar refractivity (Wildman–Crippen MR) is 167 cm³/mol. The number of allylic oxidation sites excluding steroid dienone is 2. The Morgan fingerprint density at radius 3 is 2.52 bits per heavy atom. The van der Waals surface area contributed by atoms with Crippen LogP contribution >= 0.6 is 0 Å². The highest BCUT2D eigenvalue weighted by Crippen LogP contribution is 2.39. The molecular formula is C37H44FNO. The van der Waals surface area contributed by atoms with E-state index in [1.165, 1.54) is 58.7 Å². The molecule has 0 spiro atoms. The van der Waals surface area contributed by atoms with Gasteiger partial charge < -0.3 is 5.32 Å². The third kappa shape index (κ3) is 6.14. The number of ketones is 1. The summed E-state index contributed by atoms with van der Waals surface area (Å²) in [6, 6.07) is 14.5. The second-order valence-electron chi connectivity index (χ2n) is 11.6. The van der Waals surface area contributed by atoms with Crippen molar-refractivity contribution in [3.05, 3.63) is 117 Å². The number of hydrogen-bond acceptors (Lipinski definition) is 2. The molecule has 3 aromatic carbocycles. The lowest BCUT2D eigenvalue weighted by Crippen LogP contribution is -2.21. The Labute approximate surface area is 240 Å². The van der Waals surface area contributed by atoms with Crippen LogP contribution in [0.15, 0.2) is 66.4 Å².